The molecule has 0 radical (unpaired) electrons. The monoisotopic (exact) mass is 600 g/mol. The van der Waals surface area contributed by atoms with Crippen molar-refractivity contribution in [3.63, 3.8) is 0 Å². The Balaban J connectivity index is 1.35. The van der Waals surface area contributed by atoms with Crippen LogP contribution in [0.3, 0.4) is 0 Å². The first kappa shape index (κ1) is 32.5. The van der Waals surface area contributed by atoms with E-state index in [1.807, 2.05) is 36.2 Å². The molecule has 228 valence electrons. The van der Waals surface area contributed by atoms with Crippen molar-refractivity contribution in [1.29, 1.82) is 0 Å². The highest BCUT2D eigenvalue weighted by Gasteiger charge is 2.25. The number of nitrogens with one attached hydrogen (secondary N) is 2. The lowest BCUT2D eigenvalue weighted by Gasteiger charge is -2.30. The van der Waals surface area contributed by atoms with Gasteiger partial charge in [0, 0.05) is 43.7 Å². The number of halogens is 1. The standard InChI is InChI=1S/C36H45ClN4O2/c1-40(28-33(30-12-5-2-6-13-30)31-14-7-3-8-15-31)36(43)34(16-11-27-41-25-9-4-10-26-41)38-23-24-39-35(42)22-19-29-17-20-32(37)21-18-29/h2-3,5-8,12-15,17-22,33-34,38H,4,9-11,16,23-28H2,1H3,(H,39,42)/b22-19+/t34-/m0/s1. The van der Waals surface area contributed by atoms with Gasteiger partial charge in [0.25, 0.3) is 0 Å². The van der Waals surface area contributed by atoms with E-state index in [0.717, 1.165) is 38.0 Å². The Bertz CT molecular complexity index is 1240. The average Bonchev–Trinajstić information content (AvgIpc) is 3.05. The second-order valence-electron chi connectivity index (χ2n) is 11.3. The maximum absolute atomic E-state index is 13.9. The molecule has 0 bridgehead atoms. The van der Waals surface area contributed by atoms with Crippen molar-refractivity contribution in [2.24, 2.45) is 0 Å². The highest BCUT2D eigenvalue weighted by atomic mass is 35.5. The van der Waals surface area contributed by atoms with Crippen LogP contribution in [0.4, 0.5) is 0 Å². The summed E-state index contributed by atoms with van der Waals surface area (Å²) in [6, 6.07) is 27.8. The minimum Gasteiger partial charge on any atom is -0.351 e. The molecular weight excluding hydrogens is 556 g/mol. The zero-order chi connectivity index (χ0) is 30.3. The van der Waals surface area contributed by atoms with E-state index in [2.05, 4.69) is 64.1 Å². The van der Waals surface area contributed by atoms with E-state index >= 15 is 0 Å². The van der Waals surface area contributed by atoms with Crippen LogP contribution in [0.25, 0.3) is 6.08 Å². The molecule has 2 amide bonds. The fourth-order valence-corrected chi connectivity index (χ4v) is 5.78. The first-order valence-corrected chi connectivity index (χ1v) is 15.9. The van der Waals surface area contributed by atoms with Crippen LogP contribution in [0.5, 0.6) is 0 Å². The van der Waals surface area contributed by atoms with Crippen molar-refractivity contribution in [1.82, 2.24) is 20.4 Å². The van der Waals surface area contributed by atoms with Gasteiger partial charge in [-0.15, -0.1) is 0 Å². The van der Waals surface area contributed by atoms with Gasteiger partial charge < -0.3 is 20.4 Å². The SMILES string of the molecule is CN(CC(c1ccccc1)c1ccccc1)C(=O)[C@H](CCCN1CCCCC1)NCCNC(=O)/C=C/c1ccc(Cl)cc1. The fourth-order valence-electron chi connectivity index (χ4n) is 5.66. The fraction of sp³-hybridized carbons (Fsp3) is 0.389. The number of piperidine rings is 1. The molecule has 0 unspecified atom stereocenters. The van der Waals surface area contributed by atoms with Crippen LogP contribution in [-0.4, -0.2) is 74.0 Å². The molecule has 3 aromatic carbocycles. The van der Waals surface area contributed by atoms with Crippen molar-refractivity contribution in [3.8, 4) is 0 Å². The van der Waals surface area contributed by atoms with Gasteiger partial charge >= 0.3 is 0 Å². The molecule has 1 aliphatic rings. The van der Waals surface area contributed by atoms with Crippen LogP contribution in [0.2, 0.25) is 5.02 Å². The van der Waals surface area contributed by atoms with Gasteiger partial charge in [0.05, 0.1) is 6.04 Å². The van der Waals surface area contributed by atoms with Crippen LogP contribution in [0.15, 0.2) is 91.0 Å². The Morgan fingerprint density at radius 2 is 1.51 bits per heavy atom. The molecule has 2 N–H and O–H groups in total. The summed E-state index contributed by atoms with van der Waals surface area (Å²) in [5.41, 5.74) is 3.29. The van der Waals surface area contributed by atoms with Gasteiger partial charge in [-0.3, -0.25) is 9.59 Å². The minimum absolute atomic E-state index is 0.0806. The smallest absolute Gasteiger partial charge is 0.244 e. The first-order chi connectivity index (χ1) is 21.0. The van der Waals surface area contributed by atoms with Gasteiger partial charge in [0.15, 0.2) is 0 Å². The third-order valence-electron chi connectivity index (χ3n) is 8.06. The molecule has 1 atom stereocenters. The number of rotatable bonds is 15. The van der Waals surface area contributed by atoms with Gasteiger partial charge in [0.2, 0.25) is 11.8 Å². The van der Waals surface area contributed by atoms with E-state index in [1.165, 1.54) is 36.5 Å². The van der Waals surface area contributed by atoms with E-state index in [1.54, 1.807) is 18.2 Å². The van der Waals surface area contributed by atoms with Gasteiger partial charge in [-0.2, -0.15) is 0 Å². The maximum Gasteiger partial charge on any atom is 0.244 e. The minimum atomic E-state index is -0.316. The van der Waals surface area contributed by atoms with Crippen molar-refractivity contribution in [3.05, 3.63) is 113 Å². The third kappa shape index (κ3) is 11.0. The molecule has 1 heterocycles. The van der Waals surface area contributed by atoms with E-state index in [9.17, 15) is 9.59 Å². The number of amides is 2. The topological polar surface area (TPSA) is 64.7 Å². The van der Waals surface area contributed by atoms with Crippen LogP contribution >= 0.6 is 11.6 Å². The zero-order valence-corrected chi connectivity index (χ0v) is 26.0. The summed E-state index contributed by atoms with van der Waals surface area (Å²) >= 11 is 5.94. The Morgan fingerprint density at radius 1 is 0.884 bits per heavy atom. The normalized spacial score (nSPS) is 14.6. The Labute approximate surface area is 262 Å². The molecule has 1 saturated heterocycles. The van der Waals surface area contributed by atoms with Crippen LogP contribution in [-0.2, 0) is 9.59 Å². The van der Waals surface area contributed by atoms with Crippen molar-refractivity contribution >= 4 is 29.5 Å². The molecule has 4 rings (SSSR count). The van der Waals surface area contributed by atoms with Gasteiger partial charge in [-0.05, 0) is 80.2 Å². The van der Waals surface area contributed by atoms with Gasteiger partial charge in [-0.1, -0.05) is 90.8 Å². The number of hydrogen-bond donors (Lipinski definition) is 2. The summed E-state index contributed by atoms with van der Waals surface area (Å²) in [5.74, 6) is -0.00283. The predicted octanol–water partition coefficient (Wildman–Crippen LogP) is 5.98. The number of nitrogens with zero attached hydrogens (tertiary/aromatic N) is 2. The van der Waals surface area contributed by atoms with E-state index in [4.69, 9.17) is 11.6 Å². The van der Waals surface area contributed by atoms with Crippen molar-refractivity contribution in [2.75, 3.05) is 46.3 Å². The van der Waals surface area contributed by atoms with E-state index in [-0.39, 0.29) is 23.8 Å². The van der Waals surface area contributed by atoms with Crippen LogP contribution in [0, 0.1) is 0 Å². The molecule has 0 spiro atoms. The molecule has 1 fully saturated rings. The molecule has 7 heteroatoms. The summed E-state index contributed by atoms with van der Waals surface area (Å²) in [5, 5.41) is 7.05. The number of carbonyl (C=O) groups is 2. The highest BCUT2D eigenvalue weighted by Crippen LogP contribution is 2.25. The molecule has 43 heavy (non-hydrogen) atoms. The lowest BCUT2D eigenvalue weighted by atomic mass is 9.90. The lowest BCUT2D eigenvalue weighted by Crippen LogP contribution is -2.48. The molecule has 0 saturated carbocycles. The second kappa shape index (κ2) is 17.6. The average molecular weight is 601 g/mol. The lowest BCUT2D eigenvalue weighted by molar-refractivity contribution is -0.132. The summed E-state index contributed by atoms with van der Waals surface area (Å²) in [4.78, 5) is 30.6. The van der Waals surface area contributed by atoms with E-state index in [0.29, 0.717) is 24.7 Å². The zero-order valence-electron chi connectivity index (χ0n) is 25.3. The van der Waals surface area contributed by atoms with Crippen LogP contribution < -0.4 is 10.6 Å². The number of likely N-dealkylation sites (N-methyl/N-ethyl adjacent to an activating group) is 1. The number of carbonyl (C=O) groups excluding carboxylic acids is 2. The number of benzene rings is 3. The second-order valence-corrected chi connectivity index (χ2v) is 11.8. The number of likely N-dealkylation sites (tertiary alicyclic amines) is 1. The predicted molar refractivity (Wildman–Crippen MR) is 177 cm³/mol. The van der Waals surface area contributed by atoms with Gasteiger partial charge in [0.1, 0.15) is 0 Å². The summed E-state index contributed by atoms with van der Waals surface area (Å²) in [6.45, 7) is 4.84. The summed E-state index contributed by atoms with van der Waals surface area (Å²) in [7, 11) is 1.91. The Hall–Kier alpha value is -3.45. The number of hydrogen-bond acceptors (Lipinski definition) is 4. The molecule has 3 aromatic rings. The molecular formula is C36H45ClN4O2. The first-order valence-electron chi connectivity index (χ1n) is 15.5. The quantitative estimate of drug-likeness (QED) is 0.166. The summed E-state index contributed by atoms with van der Waals surface area (Å²) < 4.78 is 0. The highest BCUT2D eigenvalue weighted by molar-refractivity contribution is 6.30. The molecule has 6 nitrogen and oxygen atoms in total. The van der Waals surface area contributed by atoms with Gasteiger partial charge in [-0.25, -0.2) is 0 Å². The summed E-state index contributed by atoms with van der Waals surface area (Å²) in [6.07, 6.45) is 8.82. The third-order valence-corrected chi connectivity index (χ3v) is 8.31. The Morgan fingerprint density at radius 3 is 2.14 bits per heavy atom. The molecule has 1 aliphatic heterocycles. The molecule has 0 aromatic heterocycles. The Kier molecular flexibility index (Phi) is 13.3. The van der Waals surface area contributed by atoms with E-state index < -0.39 is 0 Å². The maximum atomic E-state index is 13.9. The van der Waals surface area contributed by atoms with Crippen molar-refractivity contribution in [2.45, 2.75) is 44.1 Å². The van der Waals surface area contributed by atoms with Crippen molar-refractivity contribution < 1.29 is 9.59 Å². The van der Waals surface area contributed by atoms with Crippen LogP contribution in [0.1, 0.15) is 54.7 Å². The molecule has 0 aliphatic carbocycles. The largest absolute Gasteiger partial charge is 0.351 e.